The number of rotatable bonds is 5. The number of hydrogen-bond acceptors (Lipinski definition) is 5. The summed E-state index contributed by atoms with van der Waals surface area (Å²) in [4.78, 5) is 12.2. The summed E-state index contributed by atoms with van der Waals surface area (Å²) < 4.78 is 0.893. The van der Waals surface area contributed by atoms with Gasteiger partial charge in [-0.25, -0.2) is 0 Å². The highest BCUT2D eigenvalue weighted by atomic mass is 32.2. The molecule has 23 heavy (non-hydrogen) atoms. The van der Waals surface area contributed by atoms with E-state index in [1.807, 2.05) is 0 Å². The molecule has 0 unspecified atom stereocenters. The zero-order chi connectivity index (χ0) is 16.1. The zero-order valence-corrected chi connectivity index (χ0v) is 14.9. The van der Waals surface area contributed by atoms with Gasteiger partial charge in [0.25, 0.3) is 0 Å². The van der Waals surface area contributed by atoms with Gasteiger partial charge in [-0.15, -0.1) is 10.2 Å². The molecule has 1 aromatic carbocycles. The summed E-state index contributed by atoms with van der Waals surface area (Å²) >= 11 is 3.11. The fourth-order valence-electron chi connectivity index (χ4n) is 2.72. The summed E-state index contributed by atoms with van der Waals surface area (Å²) in [7, 11) is 0. The molecular formula is C17H21N3OS2. The molecule has 0 bridgehead atoms. The number of amides is 1. The lowest BCUT2D eigenvalue weighted by atomic mass is 9.89. The number of hydrogen-bond donors (Lipinski definition) is 1. The van der Waals surface area contributed by atoms with E-state index in [0.717, 1.165) is 35.8 Å². The second-order valence-electron chi connectivity index (χ2n) is 5.97. The Kier molecular flexibility index (Phi) is 5.67. The first-order valence-corrected chi connectivity index (χ1v) is 9.83. The number of nitrogens with zero attached hydrogens (tertiary/aromatic N) is 2. The number of thioether (sulfide) groups is 1. The maximum Gasteiger partial charge on any atom is 0.229 e. The molecule has 0 atom stereocenters. The second kappa shape index (κ2) is 7.93. The van der Waals surface area contributed by atoms with Crippen LogP contribution in [0.2, 0.25) is 0 Å². The Labute approximate surface area is 145 Å². The van der Waals surface area contributed by atoms with Gasteiger partial charge in [-0.1, -0.05) is 72.2 Å². The minimum Gasteiger partial charge on any atom is -0.300 e. The Bertz CT molecular complexity index is 648. The molecule has 4 nitrogen and oxygen atoms in total. The first-order valence-electron chi connectivity index (χ1n) is 8.03. The summed E-state index contributed by atoms with van der Waals surface area (Å²) in [5, 5.41) is 11.8. The molecule has 2 aromatic rings. The fraction of sp³-hybridized carbons (Fsp3) is 0.471. The van der Waals surface area contributed by atoms with Crippen molar-refractivity contribution in [2.45, 2.75) is 49.1 Å². The molecule has 1 N–H and O–H groups in total. The van der Waals surface area contributed by atoms with Crippen LogP contribution in [0.1, 0.15) is 43.2 Å². The van der Waals surface area contributed by atoms with Crippen molar-refractivity contribution >= 4 is 34.1 Å². The predicted octanol–water partition coefficient (Wildman–Crippen LogP) is 4.66. The lowest BCUT2D eigenvalue weighted by Crippen LogP contribution is -2.24. The fourth-order valence-corrected chi connectivity index (χ4v) is 4.43. The Morgan fingerprint density at radius 1 is 1.22 bits per heavy atom. The second-order valence-corrected chi connectivity index (χ2v) is 8.17. The minimum absolute atomic E-state index is 0.107. The molecule has 1 heterocycles. The molecule has 0 spiro atoms. The van der Waals surface area contributed by atoms with E-state index in [2.05, 4.69) is 46.7 Å². The number of aryl methyl sites for hydroxylation is 1. The van der Waals surface area contributed by atoms with Gasteiger partial charge in [0.05, 0.1) is 0 Å². The molecule has 1 amide bonds. The molecule has 1 aliphatic rings. The summed E-state index contributed by atoms with van der Waals surface area (Å²) in [5.41, 5.74) is 2.53. The van der Waals surface area contributed by atoms with E-state index in [4.69, 9.17) is 0 Å². The van der Waals surface area contributed by atoms with Crippen LogP contribution in [0.4, 0.5) is 5.13 Å². The van der Waals surface area contributed by atoms with Gasteiger partial charge in [0.1, 0.15) is 0 Å². The highest BCUT2D eigenvalue weighted by Crippen LogP contribution is 2.30. The first kappa shape index (κ1) is 16.5. The van der Waals surface area contributed by atoms with Crippen molar-refractivity contribution in [2.75, 3.05) is 5.32 Å². The third-order valence-corrected chi connectivity index (χ3v) is 6.14. The van der Waals surface area contributed by atoms with E-state index in [-0.39, 0.29) is 11.8 Å². The summed E-state index contributed by atoms with van der Waals surface area (Å²) in [6.45, 7) is 2.09. The molecule has 3 rings (SSSR count). The molecule has 1 fully saturated rings. The Hall–Kier alpha value is -1.40. The molecule has 122 valence electrons. The number of carbonyl (C=O) groups excluding carboxylic acids is 1. The van der Waals surface area contributed by atoms with Crippen molar-refractivity contribution in [3.8, 4) is 0 Å². The lowest BCUT2D eigenvalue weighted by Gasteiger charge is -2.19. The van der Waals surface area contributed by atoms with Crippen LogP contribution >= 0.6 is 23.1 Å². The van der Waals surface area contributed by atoms with E-state index in [9.17, 15) is 4.79 Å². The van der Waals surface area contributed by atoms with Gasteiger partial charge in [-0.05, 0) is 25.3 Å². The van der Waals surface area contributed by atoms with Gasteiger partial charge in [-0.2, -0.15) is 0 Å². The van der Waals surface area contributed by atoms with Crippen LogP contribution in [0.15, 0.2) is 28.6 Å². The minimum atomic E-state index is 0.107. The van der Waals surface area contributed by atoms with E-state index < -0.39 is 0 Å². The molecule has 0 saturated heterocycles. The maximum absolute atomic E-state index is 12.2. The molecular weight excluding hydrogens is 326 g/mol. The van der Waals surface area contributed by atoms with Gasteiger partial charge in [0.2, 0.25) is 11.0 Å². The molecule has 6 heteroatoms. The van der Waals surface area contributed by atoms with Crippen molar-refractivity contribution in [2.24, 2.45) is 5.92 Å². The summed E-state index contributed by atoms with van der Waals surface area (Å²) in [6, 6.07) is 8.50. The summed E-state index contributed by atoms with van der Waals surface area (Å²) in [5.74, 6) is 1.12. The Balaban J connectivity index is 1.51. The van der Waals surface area contributed by atoms with Gasteiger partial charge in [0.15, 0.2) is 4.34 Å². The molecule has 1 aliphatic carbocycles. The average molecular weight is 348 g/mol. The van der Waals surface area contributed by atoms with Gasteiger partial charge in [-0.3, -0.25) is 4.79 Å². The number of nitrogens with one attached hydrogen (secondary N) is 1. The van der Waals surface area contributed by atoms with Crippen molar-refractivity contribution < 1.29 is 4.79 Å². The molecule has 1 aromatic heterocycles. The van der Waals surface area contributed by atoms with Crippen LogP contribution in [-0.4, -0.2) is 16.1 Å². The van der Waals surface area contributed by atoms with Crippen LogP contribution < -0.4 is 5.32 Å². The highest BCUT2D eigenvalue weighted by Gasteiger charge is 2.22. The van der Waals surface area contributed by atoms with Gasteiger partial charge < -0.3 is 5.32 Å². The number of aromatic nitrogens is 2. The van der Waals surface area contributed by atoms with Crippen molar-refractivity contribution in [3.63, 3.8) is 0 Å². The quantitative estimate of drug-likeness (QED) is 0.631. The van der Waals surface area contributed by atoms with Crippen LogP contribution in [0.3, 0.4) is 0 Å². The van der Waals surface area contributed by atoms with Gasteiger partial charge >= 0.3 is 0 Å². The monoisotopic (exact) mass is 347 g/mol. The Morgan fingerprint density at radius 2 is 1.96 bits per heavy atom. The number of carbonyl (C=O) groups is 1. The van der Waals surface area contributed by atoms with Crippen LogP contribution in [-0.2, 0) is 10.5 Å². The van der Waals surface area contributed by atoms with Crippen LogP contribution in [0, 0.1) is 12.8 Å². The smallest absolute Gasteiger partial charge is 0.229 e. The topological polar surface area (TPSA) is 54.9 Å². The maximum atomic E-state index is 12.2. The van der Waals surface area contributed by atoms with E-state index in [1.54, 1.807) is 11.8 Å². The van der Waals surface area contributed by atoms with Gasteiger partial charge in [0, 0.05) is 11.7 Å². The van der Waals surface area contributed by atoms with E-state index in [0.29, 0.717) is 5.13 Å². The van der Waals surface area contributed by atoms with E-state index in [1.165, 1.54) is 28.9 Å². The average Bonchev–Trinajstić information content (AvgIpc) is 3.02. The number of anilines is 1. The standard InChI is InChI=1S/C17H21N3OS2/c1-12-7-9-13(10-8-12)11-22-17-20-19-16(23-17)18-15(21)14-5-3-2-4-6-14/h7-10,14H,2-6,11H2,1H3,(H,18,19,21). The molecule has 0 radical (unpaired) electrons. The zero-order valence-electron chi connectivity index (χ0n) is 13.2. The number of benzene rings is 1. The molecule has 0 aliphatic heterocycles. The van der Waals surface area contributed by atoms with Crippen molar-refractivity contribution in [3.05, 3.63) is 35.4 Å². The predicted molar refractivity (Wildman–Crippen MR) is 95.9 cm³/mol. The van der Waals surface area contributed by atoms with Crippen molar-refractivity contribution in [1.82, 2.24) is 10.2 Å². The first-order chi connectivity index (χ1) is 11.2. The molecule has 1 saturated carbocycles. The largest absolute Gasteiger partial charge is 0.300 e. The van der Waals surface area contributed by atoms with Crippen molar-refractivity contribution in [1.29, 1.82) is 0 Å². The highest BCUT2D eigenvalue weighted by molar-refractivity contribution is 8.00. The van der Waals surface area contributed by atoms with Crippen LogP contribution in [0.25, 0.3) is 0 Å². The third-order valence-electron chi connectivity index (χ3n) is 4.10. The summed E-state index contributed by atoms with van der Waals surface area (Å²) in [6.07, 6.45) is 5.57. The third kappa shape index (κ3) is 4.78. The van der Waals surface area contributed by atoms with Crippen LogP contribution in [0.5, 0.6) is 0 Å². The Morgan fingerprint density at radius 3 is 2.70 bits per heavy atom. The SMILES string of the molecule is Cc1ccc(CSc2nnc(NC(=O)C3CCCCC3)s2)cc1. The van der Waals surface area contributed by atoms with E-state index >= 15 is 0 Å². The lowest BCUT2D eigenvalue weighted by molar-refractivity contribution is -0.120. The normalized spacial score (nSPS) is 15.5.